The standard InChI is InChI=1S/C17H25FN4O2S/c1-12(17-19-16(11-23-3)20-24-17)21(2)9-14-7-13(18)8-22(14)10-15-5-4-6-25-15/h4-6,12-14H,7-11H2,1-3H3/t12-,13+,14+/m1/s1. The molecule has 2 aromatic heterocycles. The highest BCUT2D eigenvalue weighted by atomic mass is 32.1. The predicted molar refractivity (Wildman–Crippen MR) is 94.1 cm³/mol. The van der Waals surface area contributed by atoms with Crippen molar-refractivity contribution >= 4 is 11.3 Å². The number of likely N-dealkylation sites (N-methyl/N-ethyl adjacent to an activating group) is 1. The molecule has 25 heavy (non-hydrogen) atoms. The van der Waals surface area contributed by atoms with E-state index >= 15 is 0 Å². The number of nitrogens with zero attached hydrogens (tertiary/aromatic N) is 4. The minimum Gasteiger partial charge on any atom is -0.377 e. The van der Waals surface area contributed by atoms with Gasteiger partial charge >= 0.3 is 0 Å². The molecule has 0 unspecified atom stereocenters. The smallest absolute Gasteiger partial charge is 0.243 e. The normalized spacial score (nSPS) is 22.8. The van der Waals surface area contributed by atoms with E-state index in [9.17, 15) is 4.39 Å². The van der Waals surface area contributed by atoms with E-state index in [0.29, 0.717) is 31.3 Å². The third kappa shape index (κ3) is 4.63. The lowest BCUT2D eigenvalue weighted by molar-refractivity contribution is 0.144. The monoisotopic (exact) mass is 368 g/mol. The van der Waals surface area contributed by atoms with E-state index in [1.54, 1.807) is 18.4 Å². The second kappa shape index (κ2) is 8.35. The molecule has 0 amide bonds. The highest BCUT2D eigenvalue weighted by Gasteiger charge is 2.34. The topological polar surface area (TPSA) is 54.6 Å². The second-order valence-electron chi connectivity index (χ2n) is 6.59. The van der Waals surface area contributed by atoms with E-state index in [2.05, 4.69) is 31.4 Å². The maximum atomic E-state index is 14.0. The minimum atomic E-state index is -0.759. The van der Waals surface area contributed by atoms with Gasteiger partial charge in [0, 0.05) is 37.7 Å². The largest absolute Gasteiger partial charge is 0.377 e. The van der Waals surface area contributed by atoms with Crippen LogP contribution in [0.1, 0.15) is 36.0 Å². The van der Waals surface area contributed by atoms with Gasteiger partial charge in [-0.05, 0) is 31.8 Å². The van der Waals surface area contributed by atoms with Crippen molar-refractivity contribution in [2.45, 2.75) is 44.8 Å². The third-order valence-corrected chi connectivity index (χ3v) is 5.55. The highest BCUT2D eigenvalue weighted by Crippen LogP contribution is 2.27. The average molecular weight is 368 g/mol. The Balaban J connectivity index is 1.60. The first-order valence-corrected chi connectivity index (χ1v) is 9.37. The summed E-state index contributed by atoms with van der Waals surface area (Å²) in [6.07, 6.45) is -0.188. The van der Waals surface area contributed by atoms with E-state index < -0.39 is 6.17 Å². The molecule has 1 aliphatic rings. The maximum absolute atomic E-state index is 14.0. The van der Waals surface area contributed by atoms with Crippen molar-refractivity contribution in [3.8, 4) is 0 Å². The Morgan fingerprint density at radius 3 is 3.12 bits per heavy atom. The zero-order chi connectivity index (χ0) is 17.8. The summed E-state index contributed by atoms with van der Waals surface area (Å²) < 4.78 is 24.4. The molecule has 0 radical (unpaired) electrons. The van der Waals surface area contributed by atoms with Crippen LogP contribution in [0.15, 0.2) is 22.0 Å². The summed E-state index contributed by atoms with van der Waals surface area (Å²) in [4.78, 5) is 10.0. The van der Waals surface area contributed by atoms with Gasteiger partial charge in [-0.1, -0.05) is 11.2 Å². The van der Waals surface area contributed by atoms with Crippen LogP contribution in [0.3, 0.4) is 0 Å². The molecule has 0 aliphatic carbocycles. The van der Waals surface area contributed by atoms with Crippen molar-refractivity contribution < 1.29 is 13.7 Å². The number of alkyl halides is 1. The molecule has 3 rings (SSSR count). The van der Waals surface area contributed by atoms with Gasteiger partial charge in [0.05, 0.1) is 6.04 Å². The summed E-state index contributed by atoms with van der Waals surface area (Å²) in [5.41, 5.74) is 0. The van der Waals surface area contributed by atoms with Gasteiger partial charge in [-0.3, -0.25) is 9.80 Å². The number of halogens is 1. The molecule has 3 atom stereocenters. The maximum Gasteiger partial charge on any atom is 0.243 e. The molecule has 2 aromatic rings. The quantitative estimate of drug-likeness (QED) is 0.714. The van der Waals surface area contributed by atoms with Gasteiger partial charge in [-0.15, -0.1) is 11.3 Å². The predicted octanol–water partition coefficient (Wildman–Crippen LogP) is 2.88. The van der Waals surface area contributed by atoms with Crippen molar-refractivity contribution in [1.82, 2.24) is 19.9 Å². The van der Waals surface area contributed by atoms with Crippen molar-refractivity contribution in [3.05, 3.63) is 34.1 Å². The first-order valence-electron chi connectivity index (χ1n) is 8.49. The molecule has 0 bridgehead atoms. The SMILES string of the molecule is COCc1noc([C@@H](C)N(C)C[C@@H]2C[C@H](F)CN2Cc2cccs2)n1. The number of aromatic nitrogens is 2. The minimum absolute atomic E-state index is 0.0274. The van der Waals surface area contributed by atoms with Gasteiger partial charge in [0.15, 0.2) is 5.82 Å². The summed E-state index contributed by atoms with van der Waals surface area (Å²) in [5, 5.41) is 5.98. The number of methoxy groups -OCH3 is 1. The summed E-state index contributed by atoms with van der Waals surface area (Å²) in [6.45, 7) is 4.43. The number of likely N-dealkylation sites (tertiary alicyclic amines) is 1. The summed E-state index contributed by atoms with van der Waals surface area (Å²) >= 11 is 1.72. The van der Waals surface area contributed by atoms with Crippen molar-refractivity contribution in [1.29, 1.82) is 0 Å². The Kier molecular flexibility index (Phi) is 6.16. The summed E-state index contributed by atoms with van der Waals surface area (Å²) in [5.74, 6) is 1.11. The summed E-state index contributed by atoms with van der Waals surface area (Å²) in [6, 6.07) is 4.31. The van der Waals surface area contributed by atoms with Crippen LogP contribution in [0.5, 0.6) is 0 Å². The fourth-order valence-corrected chi connectivity index (χ4v) is 3.94. The fourth-order valence-electron chi connectivity index (χ4n) is 3.21. The van der Waals surface area contributed by atoms with Crippen molar-refractivity contribution in [2.75, 3.05) is 27.2 Å². The van der Waals surface area contributed by atoms with Crippen LogP contribution >= 0.6 is 11.3 Å². The molecular formula is C17H25FN4O2S. The lowest BCUT2D eigenvalue weighted by Gasteiger charge is -2.30. The zero-order valence-corrected chi connectivity index (χ0v) is 15.7. The molecule has 1 aliphatic heterocycles. The van der Waals surface area contributed by atoms with Gasteiger partial charge in [0.2, 0.25) is 5.89 Å². The van der Waals surface area contributed by atoms with Crippen LogP contribution in [0.25, 0.3) is 0 Å². The summed E-state index contributed by atoms with van der Waals surface area (Å²) in [7, 11) is 3.61. The fraction of sp³-hybridized carbons (Fsp3) is 0.647. The highest BCUT2D eigenvalue weighted by molar-refractivity contribution is 7.09. The van der Waals surface area contributed by atoms with Gasteiger partial charge < -0.3 is 9.26 Å². The van der Waals surface area contributed by atoms with Gasteiger partial charge in [0.25, 0.3) is 0 Å². The Bertz CT molecular complexity index is 651. The molecule has 0 spiro atoms. The molecule has 138 valence electrons. The van der Waals surface area contributed by atoms with Gasteiger partial charge in [0.1, 0.15) is 12.8 Å². The van der Waals surface area contributed by atoms with Gasteiger partial charge in [-0.25, -0.2) is 4.39 Å². The zero-order valence-electron chi connectivity index (χ0n) is 14.9. The van der Waals surface area contributed by atoms with Crippen LogP contribution in [-0.2, 0) is 17.9 Å². The van der Waals surface area contributed by atoms with E-state index in [4.69, 9.17) is 9.26 Å². The average Bonchev–Trinajstić information content (AvgIpc) is 3.30. The first-order chi connectivity index (χ1) is 12.1. The van der Waals surface area contributed by atoms with Crippen LogP contribution in [-0.4, -0.2) is 59.4 Å². The molecule has 8 heteroatoms. The lowest BCUT2D eigenvalue weighted by Crippen LogP contribution is -2.39. The third-order valence-electron chi connectivity index (χ3n) is 4.69. The molecule has 1 fully saturated rings. The van der Waals surface area contributed by atoms with E-state index in [1.807, 2.05) is 20.0 Å². The Morgan fingerprint density at radius 2 is 2.40 bits per heavy atom. The number of hydrogen-bond donors (Lipinski definition) is 0. The molecule has 6 nitrogen and oxygen atoms in total. The van der Waals surface area contributed by atoms with Crippen LogP contribution < -0.4 is 0 Å². The molecule has 3 heterocycles. The number of rotatable bonds is 8. The number of hydrogen-bond acceptors (Lipinski definition) is 7. The second-order valence-corrected chi connectivity index (χ2v) is 7.63. The molecular weight excluding hydrogens is 343 g/mol. The van der Waals surface area contributed by atoms with Crippen molar-refractivity contribution in [2.24, 2.45) is 0 Å². The number of ether oxygens (including phenoxy) is 1. The van der Waals surface area contributed by atoms with E-state index in [-0.39, 0.29) is 12.1 Å². The van der Waals surface area contributed by atoms with Crippen LogP contribution in [0, 0.1) is 0 Å². The molecule has 0 aromatic carbocycles. The molecule has 0 N–H and O–H groups in total. The van der Waals surface area contributed by atoms with Crippen LogP contribution in [0.4, 0.5) is 4.39 Å². The van der Waals surface area contributed by atoms with Crippen molar-refractivity contribution in [3.63, 3.8) is 0 Å². The molecule has 1 saturated heterocycles. The Labute approximate surface area is 151 Å². The molecule has 0 saturated carbocycles. The lowest BCUT2D eigenvalue weighted by atomic mass is 10.1. The Morgan fingerprint density at radius 1 is 1.56 bits per heavy atom. The van der Waals surface area contributed by atoms with E-state index in [0.717, 1.165) is 13.1 Å². The Hall–Kier alpha value is -1.35. The van der Waals surface area contributed by atoms with Crippen LogP contribution in [0.2, 0.25) is 0 Å². The first kappa shape index (κ1) is 18.4. The number of thiophene rings is 1. The van der Waals surface area contributed by atoms with Gasteiger partial charge in [-0.2, -0.15) is 4.98 Å². The van der Waals surface area contributed by atoms with E-state index in [1.165, 1.54) is 4.88 Å².